The van der Waals surface area contributed by atoms with E-state index in [2.05, 4.69) is 27.7 Å². The van der Waals surface area contributed by atoms with Gasteiger partial charge in [-0.3, -0.25) is 0 Å². The van der Waals surface area contributed by atoms with Gasteiger partial charge in [-0.25, -0.2) is 0 Å². The zero-order valence-corrected chi connectivity index (χ0v) is 9.17. The highest BCUT2D eigenvalue weighted by Crippen LogP contribution is 2.94. The number of hydrogen-bond donors (Lipinski definition) is 0. The second kappa shape index (κ2) is 1.51. The molecule has 0 bridgehead atoms. The molecule has 72 valence electrons. The summed E-state index contributed by atoms with van der Waals surface area (Å²) in [5.74, 6) is 6.62. The Balaban J connectivity index is 1.82. The normalized spacial score (nSPS) is 82.2. The zero-order chi connectivity index (χ0) is 9.17. The van der Waals surface area contributed by atoms with Crippen molar-refractivity contribution < 1.29 is 0 Å². The van der Waals surface area contributed by atoms with Gasteiger partial charge in [-0.15, -0.1) is 0 Å². The van der Waals surface area contributed by atoms with Gasteiger partial charge in [-0.1, -0.05) is 27.7 Å². The molecule has 0 radical (unpaired) electrons. The van der Waals surface area contributed by atoms with Gasteiger partial charge in [-0.05, 0) is 52.8 Å². The maximum absolute atomic E-state index is 2.56. The van der Waals surface area contributed by atoms with Crippen LogP contribution in [0.1, 0.15) is 34.1 Å². The van der Waals surface area contributed by atoms with E-state index in [1.807, 2.05) is 0 Å². The van der Waals surface area contributed by atoms with Gasteiger partial charge in [0.15, 0.2) is 0 Å². The molecule has 4 rings (SSSR count). The minimum atomic E-state index is 0.786. The van der Waals surface area contributed by atoms with Crippen molar-refractivity contribution in [3.63, 3.8) is 0 Å². The molecular weight excluding hydrogens is 156 g/mol. The first-order chi connectivity index (χ1) is 6.06. The number of fused-ring (bicyclic) bond motifs is 2. The molecule has 0 N–H and O–H groups in total. The Labute approximate surface area is 81.1 Å². The van der Waals surface area contributed by atoms with Gasteiger partial charge in [0, 0.05) is 0 Å². The lowest BCUT2D eigenvalue weighted by Gasteiger charge is -2.24. The predicted octanol–water partition coefficient (Wildman–Crippen LogP) is 3.18. The lowest BCUT2D eigenvalue weighted by atomic mass is 9.80. The Morgan fingerprint density at radius 1 is 0.923 bits per heavy atom. The molecule has 4 aliphatic rings. The van der Waals surface area contributed by atoms with Crippen molar-refractivity contribution in [2.24, 2.45) is 46.3 Å². The molecule has 0 heterocycles. The van der Waals surface area contributed by atoms with Crippen LogP contribution in [-0.4, -0.2) is 0 Å². The third-order valence-electron chi connectivity index (χ3n) is 6.95. The van der Waals surface area contributed by atoms with Crippen molar-refractivity contribution in [3.05, 3.63) is 0 Å². The summed E-state index contributed by atoms with van der Waals surface area (Å²) in [5, 5.41) is 0. The fraction of sp³-hybridized carbons (Fsp3) is 1.00. The molecule has 0 nitrogen and oxygen atoms in total. The summed E-state index contributed by atoms with van der Waals surface area (Å²) in [4.78, 5) is 0. The Bertz CT molecular complexity index is 301. The van der Waals surface area contributed by atoms with E-state index in [-0.39, 0.29) is 0 Å². The molecule has 0 aromatic heterocycles. The molecule has 13 heavy (non-hydrogen) atoms. The molecule has 4 saturated carbocycles. The Morgan fingerprint density at radius 3 is 2.23 bits per heavy atom. The number of hydrogen-bond acceptors (Lipinski definition) is 0. The Hall–Kier alpha value is 0. The van der Waals surface area contributed by atoms with Gasteiger partial charge in [0.25, 0.3) is 0 Å². The van der Waals surface area contributed by atoms with Crippen LogP contribution < -0.4 is 0 Å². The first kappa shape index (κ1) is 7.31. The molecule has 4 aliphatic carbocycles. The van der Waals surface area contributed by atoms with Crippen molar-refractivity contribution in [1.29, 1.82) is 0 Å². The van der Waals surface area contributed by atoms with Gasteiger partial charge in [0.2, 0.25) is 0 Å². The Kier molecular flexibility index (Phi) is 0.850. The first-order valence-corrected chi connectivity index (χ1v) is 6.06. The maximum atomic E-state index is 2.56. The van der Waals surface area contributed by atoms with E-state index in [0.29, 0.717) is 0 Å². The highest BCUT2D eigenvalue weighted by molar-refractivity contribution is 5.37. The molecular formula is C13H20. The van der Waals surface area contributed by atoms with Crippen LogP contribution >= 0.6 is 0 Å². The lowest BCUT2D eigenvalue weighted by Crippen LogP contribution is -2.19. The van der Waals surface area contributed by atoms with Crippen LogP contribution in [0.2, 0.25) is 0 Å². The quantitative estimate of drug-likeness (QED) is 0.532. The molecule has 0 amide bonds. The van der Waals surface area contributed by atoms with Gasteiger partial charge < -0.3 is 0 Å². The molecule has 8 unspecified atom stereocenters. The van der Waals surface area contributed by atoms with E-state index in [1.54, 1.807) is 6.42 Å². The SMILES string of the molecule is CC1C2C(C)C23C(C)C3C2CC12C. The average molecular weight is 176 g/mol. The van der Waals surface area contributed by atoms with Crippen LogP contribution in [0.25, 0.3) is 0 Å². The minimum absolute atomic E-state index is 0.786. The van der Waals surface area contributed by atoms with Gasteiger partial charge in [0.05, 0.1) is 0 Å². The van der Waals surface area contributed by atoms with Crippen LogP contribution in [0, 0.1) is 46.3 Å². The summed E-state index contributed by atoms with van der Waals surface area (Å²) in [6, 6.07) is 0. The standard InChI is InChI=1S/C13H20/c1-6-10-7(2)13(10)8(3)11(13)9-5-12(6,9)4/h6-11H,5H2,1-4H3. The second-order valence-corrected chi connectivity index (χ2v) is 6.73. The molecule has 0 saturated heterocycles. The van der Waals surface area contributed by atoms with E-state index in [1.165, 1.54) is 0 Å². The van der Waals surface area contributed by atoms with Crippen molar-refractivity contribution in [1.82, 2.24) is 0 Å². The highest BCUT2D eigenvalue weighted by Gasteiger charge is 2.90. The van der Waals surface area contributed by atoms with Crippen LogP contribution in [0.5, 0.6) is 0 Å². The third kappa shape index (κ3) is 0.461. The van der Waals surface area contributed by atoms with Crippen LogP contribution in [0.4, 0.5) is 0 Å². The van der Waals surface area contributed by atoms with Crippen LogP contribution in [0.15, 0.2) is 0 Å². The summed E-state index contributed by atoms with van der Waals surface area (Å²) in [5.41, 5.74) is 1.68. The Morgan fingerprint density at radius 2 is 1.54 bits per heavy atom. The smallest absolute Gasteiger partial charge is 0.0173 e. The molecule has 0 aromatic carbocycles. The van der Waals surface area contributed by atoms with E-state index < -0.39 is 0 Å². The monoisotopic (exact) mass is 176 g/mol. The molecule has 4 fully saturated rings. The first-order valence-electron chi connectivity index (χ1n) is 6.06. The molecule has 8 atom stereocenters. The zero-order valence-electron chi connectivity index (χ0n) is 9.17. The summed E-state index contributed by atoms with van der Waals surface area (Å²) in [6.07, 6.45) is 1.56. The van der Waals surface area contributed by atoms with Crippen molar-refractivity contribution >= 4 is 0 Å². The van der Waals surface area contributed by atoms with Crippen molar-refractivity contribution in [2.75, 3.05) is 0 Å². The predicted molar refractivity (Wildman–Crippen MR) is 53.1 cm³/mol. The van der Waals surface area contributed by atoms with Crippen molar-refractivity contribution in [3.8, 4) is 0 Å². The van der Waals surface area contributed by atoms with E-state index in [0.717, 1.165) is 46.3 Å². The fourth-order valence-corrected chi connectivity index (χ4v) is 5.99. The highest BCUT2D eigenvalue weighted by atomic mass is 14.9. The van der Waals surface area contributed by atoms with Crippen LogP contribution in [-0.2, 0) is 0 Å². The lowest BCUT2D eigenvalue weighted by molar-refractivity contribution is 0.232. The third-order valence-corrected chi connectivity index (χ3v) is 6.95. The van der Waals surface area contributed by atoms with E-state index in [4.69, 9.17) is 0 Å². The van der Waals surface area contributed by atoms with Gasteiger partial charge >= 0.3 is 0 Å². The van der Waals surface area contributed by atoms with Gasteiger partial charge in [-0.2, -0.15) is 0 Å². The fourth-order valence-electron chi connectivity index (χ4n) is 5.99. The molecule has 0 heteroatoms. The summed E-state index contributed by atoms with van der Waals surface area (Å²) < 4.78 is 0. The second-order valence-electron chi connectivity index (χ2n) is 6.73. The minimum Gasteiger partial charge on any atom is -0.0617 e. The molecule has 1 spiro atoms. The maximum Gasteiger partial charge on any atom is -0.0173 e. The summed E-state index contributed by atoms with van der Waals surface area (Å²) in [7, 11) is 0. The van der Waals surface area contributed by atoms with E-state index in [9.17, 15) is 0 Å². The molecule has 0 aliphatic heterocycles. The number of rotatable bonds is 0. The van der Waals surface area contributed by atoms with Crippen LogP contribution in [0.3, 0.4) is 0 Å². The molecule has 0 aromatic rings. The van der Waals surface area contributed by atoms with Gasteiger partial charge in [0.1, 0.15) is 0 Å². The van der Waals surface area contributed by atoms with Crippen molar-refractivity contribution in [2.45, 2.75) is 34.1 Å². The largest absolute Gasteiger partial charge is 0.0617 e. The summed E-state index contributed by atoms with van der Waals surface area (Å²) >= 11 is 0. The summed E-state index contributed by atoms with van der Waals surface area (Å²) in [6.45, 7) is 10.1. The van der Waals surface area contributed by atoms with E-state index >= 15 is 0 Å². The average Bonchev–Trinajstić information content (AvgIpc) is 2.94. The topological polar surface area (TPSA) is 0 Å².